The molecule has 0 aliphatic carbocycles. The van der Waals surface area contributed by atoms with Crippen LogP contribution in [0.2, 0.25) is 0 Å². The number of hydrogen-bond donors (Lipinski definition) is 1. The first-order valence-electron chi connectivity index (χ1n) is 5.91. The van der Waals surface area contributed by atoms with Crippen LogP contribution in [0.25, 0.3) is 0 Å². The van der Waals surface area contributed by atoms with Crippen LogP contribution in [0.15, 0.2) is 0 Å². The summed E-state index contributed by atoms with van der Waals surface area (Å²) >= 11 is 0. The number of nitriles is 1. The molecule has 3 nitrogen and oxygen atoms in total. The standard InChI is InChI=1S/C12H25N3/c1-6-12(9-13)14-7-8-15(10(2)3)11(4)5/h10-12,14H,6-8H2,1-5H3. The summed E-state index contributed by atoms with van der Waals surface area (Å²) in [7, 11) is 0. The summed E-state index contributed by atoms with van der Waals surface area (Å²) in [6, 6.07) is 3.39. The van der Waals surface area contributed by atoms with Crippen molar-refractivity contribution >= 4 is 0 Å². The zero-order valence-electron chi connectivity index (χ0n) is 10.7. The molecule has 1 N–H and O–H groups in total. The number of nitrogens with one attached hydrogen (secondary N) is 1. The zero-order chi connectivity index (χ0) is 11.8. The van der Waals surface area contributed by atoms with E-state index in [1.807, 2.05) is 6.92 Å². The van der Waals surface area contributed by atoms with Gasteiger partial charge in [0, 0.05) is 25.2 Å². The van der Waals surface area contributed by atoms with Crippen LogP contribution in [0.1, 0.15) is 41.0 Å². The molecule has 3 heteroatoms. The van der Waals surface area contributed by atoms with Crippen LogP contribution >= 0.6 is 0 Å². The summed E-state index contributed by atoms with van der Waals surface area (Å²) in [5.41, 5.74) is 0. The van der Waals surface area contributed by atoms with Gasteiger partial charge in [0.05, 0.1) is 12.1 Å². The molecule has 0 fully saturated rings. The van der Waals surface area contributed by atoms with Crippen molar-refractivity contribution in [2.45, 2.75) is 59.2 Å². The largest absolute Gasteiger partial charge is 0.301 e. The third-order valence-corrected chi connectivity index (χ3v) is 2.65. The van der Waals surface area contributed by atoms with Crippen LogP contribution < -0.4 is 5.32 Å². The van der Waals surface area contributed by atoms with E-state index in [9.17, 15) is 0 Å². The van der Waals surface area contributed by atoms with Gasteiger partial charge in [-0.1, -0.05) is 6.92 Å². The smallest absolute Gasteiger partial charge is 0.0950 e. The summed E-state index contributed by atoms with van der Waals surface area (Å²) < 4.78 is 0. The van der Waals surface area contributed by atoms with Crippen LogP contribution in [0.3, 0.4) is 0 Å². The molecule has 0 aliphatic rings. The lowest BCUT2D eigenvalue weighted by molar-refractivity contribution is 0.175. The Hall–Kier alpha value is -0.590. The normalized spacial score (nSPS) is 13.5. The molecular formula is C12H25N3. The Morgan fingerprint density at radius 2 is 1.73 bits per heavy atom. The summed E-state index contributed by atoms with van der Waals surface area (Å²) in [6.45, 7) is 12.8. The van der Waals surface area contributed by atoms with Gasteiger partial charge in [0.25, 0.3) is 0 Å². The quantitative estimate of drug-likeness (QED) is 0.700. The maximum atomic E-state index is 8.78. The summed E-state index contributed by atoms with van der Waals surface area (Å²) in [5.74, 6) is 0. The van der Waals surface area contributed by atoms with E-state index in [0.29, 0.717) is 12.1 Å². The van der Waals surface area contributed by atoms with Gasteiger partial charge < -0.3 is 5.32 Å². The zero-order valence-corrected chi connectivity index (χ0v) is 10.7. The third kappa shape index (κ3) is 5.76. The molecule has 0 aromatic carbocycles. The average Bonchev–Trinajstić information content (AvgIpc) is 2.17. The van der Waals surface area contributed by atoms with Crippen molar-refractivity contribution in [1.29, 1.82) is 5.26 Å². The molecule has 0 saturated heterocycles. The minimum Gasteiger partial charge on any atom is -0.301 e. The molecular weight excluding hydrogens is 186 g/mol. The van der Waals surface area contributed by atoms with Gasteiger partial charge in [-0.15, -0.1) is 0 Å². The van der Waals surface area contributed by atoms with Gasteiger partial charge in [-0.25, -0.2) is 0 Å². The monoisotopic (exact) mass is 211 g/mol. The molecule has 88 valence electrons. The van der Waals surface area contributed by atoms with Gasteiger partial charge in [0.15, 0.2) is 0 Å². The number of nitrogens with zero attached hydrogens (tertiary/aromatic N) is 2. The topological polar surface area (TPSA) is 39.1 Å². The van der Waals surface area contributed by atoms with Crippen LogP contribution in [-0.2, 0) is 0 Å². The second kappa shape index (κ2) is 7.67. The predicted octanol–water partition coefficient (Wildman–Crippen LogP) is 2.00. The molecule has 15 heavy (non-hydrogen) atoms. The summed E-state index contributed by atoms with van der Waals surface area (Å²) in [4.78, 5) is 2.43. The molecule has 1 atom stereocenters. The van der Waals surface area contributed by atoms with Gasteiger partial charge in [-0.2, -0.15) is 5.26 Å². The Morgan fingerprint density at radius 3 is 2.07 bits per heavy atom. The SMILES string of the molecule is CCC(C#N)NCCN(C(C)C)C(C)C. The van der Waals surface area contributed by atoms with Gasteiger partial charge in [0.2, 0.25) is 0 Å². The molecule has 0 aliphatic heterocycles. The minimum atomic E-state index is 0.00572. The molecule has 0 radical (unpaired) electrons. The van der Waals surface area contributed by atoms with Gasteiger partial charge in [0.1, 0.15) is 0 Å². The van der Waals surface area contributed by atoms with Crippen LogP contribution in [0.4, 0.5) is 0 Å². The van der Waals surface area contributed by atoms with E-state index in [1.54, 1.807) is 0 Å². The molecule has 0 saturated carbocycles. The summed E-state index contributed by atoms with van der Waals surface area (Å²) in [5, 5.41) is 12.0. The van der Waals surface area contributed by atoms with Crippen molar-refractivity contribution in [3.05, 3.63) is 0 Å². The molecule has 0 bridgehead atoms. The van der Waals surface area contributed by atoms with Gasteiger partial charge in [-0.05, 0) is 34.1 Å². The minimum absolute atomic E-state index is 0.00572. The lowest BCUT2D eigenvalue weighted by Crippen LogP contribution is -2.43. The Kier molecular flexibility index (Phi) is 7.37. The van der Waals surface area contributed by atoms with Gasteiger partial charge >= 0.3 is 0 Å². The number of hydrogen-bond acceptors (Lipinski definition) is 3. The highest BCUT2D eigenvalue weighted by atomic mass is 15.2. The van der Waals surface area contributed by atoms with Crippen molar-refractivity contribution < 1.29 is 0 Å². The Morgan fingerprint density at radius 1 is 1.20 bits per heavy atom. The van der Waals surface area contributed by atoms with Crippen LogP contribution in [0.5, 0.6) is 0 Å². The van der Waals surface area contributed by atoms with Crippen molar-refractivity contribution in [2.24, 2.45) is 0 Å². The van der Waals surface area contributed by atoms with E-state index in [0.717, 1.165) is 19.5 Å². The van der Waals surface area contributed by atoms with Crippen molar-refractivity contribution in [1.82, 2.24) is 10.2 Å². The Labute approximate surface area is 94.5 Å². The Balaban J connectivity index is 3.87. The second-order valence-electron chi connectivity index (χ2n) is 4.47. The van der Waals surface area contributed by atoms with Crippen molar-refractivity contribution in [3.63, 3.8) is 0 Å². The average molecular weight is 211 g/mol. The molecule has 1 unspecified atom stereocenters. The molecule has 0 aromatic heterocycles. The first-order chi connectivity index (χ1) is 7.02. The fraction of sp³-hybridized carbons (Fsp3) is 0.917. The second-order valence-corrected chi connectivity index (χ2v) is 4.47. The molecule has 0 aromatic rings. The van der Waals surface area contributed by atoms with Gasteiger partial charge in [-0.3, -0.25) is 4.90 Å². The molecule has 0 spiro atoms. The first-order valence-corrected chi connectivity index (χ1v) is 5.91. The van der Waals surface area contributed by atoms with E-state index in [-0.39, 0.29) is 6.04 Å². The first kappa shape index (κ1) is 14.4. The van der Waals surface area contributed by atoms with E-state index in [4.69, 9.17) is 5.26 Å². The van der Waals surface area contributed by atoms with Crippen LogP contribution in [-0.4, -0.2) is 36.1 Å². The summed E-state index contributed by atoms with van der Waals surface area (Å²) in [6.07, 6.45) is 0.875. The highest BCUT2D eigenvalue weighted by molar-refractivity contribution is 4.88. The molecule has 0 rings (SSSR count). The highest BCUT2D eigenvalue weighted by Gasteiger charge is 2.13. The Bertz CT molecular complexity index is 186. The maximum Gasteiger partial charge on any atom is 0.0950 e. The van der Waals surface area contributed by atoms with E-state index in [1.165, 1.54) is 0 Å². The fourth-order valence-corrected chi connectivity index (χ4v) is 1.76. The van der Waals surface area contributed by atoms with Crippen molar-refractivity contribution in [3.8, 4) is 6.07 Å². The van der Waals surface area contributed by atoms with Crippen LogP contribution in [0, 0.1) is 11.3 Å². The highest BCUT2D eigenvalue weighted by Crippen LogP contribution is 2.03. The van der Waals surface area contributed by atoms with Crippen molar-refractivity contribution in [2.75, 3.05) is 13.1 Å². The molecule has 0 amide bonds. The molecule has 0 heterocycles. The third-order valence-electron chi connectivity index (χ3n) is 2.65. The van der Waals surface area contributed by atoms with E-state index in [2.05, 4.69) is 44.0 Å². The maximum absolute atomic E-state index is 8.78. The lowest BCUT2D eigenvalue weighted by atomic mass is 10.2. The predicted molar refractivity (Wildman–Crippen MR) is 64.7 cm³/mol. The fourth-order valence-electron chi connectivity index (χ4n) is 1.76. The lowest BCUT2D eigenvalue weighted by Gasteiger charge is -2.30. The van der Waals surface area contributed by atoms with E-state index >= 15 is 0 Å². The van der Waals surface area contributed by atoms with E-state index < -0.39 is 0 Å². The number of rotatable bonds is 7.